The molecule has 1 saturated heterocycles. The van der Waals surface area contributed by atoms with E-state index in [2.05, 4.69) is 41.1 Å². The predicted molar refractivity (Wildman–Crippen MR) is 119 cm³/mol. The molecule has 2 atom stereocenters. The lowest BCUT2D eigenvalue weighted by atomic mass is 9.56. The Morgan fingerprint density at radius 2 is 1.97 bits per heavy atom. The van der Waals surface area contributed by atoms with Crippen LogP contribution in [0.5, 0.6) is 5.75 Å². The summed E-state index contributed by atoms with van der Waals surface area (Å²) in [5, 5.41) is 23.8. The van der Waals surface area contributed by atoms with Crippen molar-refractivity contribution in [2.75, 3.05) is 19.6 Å². The SMILES string of the molecule is Cc1cccc2c3c([nH]c12)CC1(c2cccc(O)c2)CCN(CC2CC2)CC1(O)C3. The molecule has 1 saturated carbocycles. The Balaban J connectivity index is 1.50. The van der Waals surface area contributed by atoms with Gasteiger partial charge in [-0.05, 0) is 67.5 Å². The van der Waals surface area contributed by atoms with Crippen molar-refractivity contribution in [2.24, 2.45) is 5.92 Å². The molecule has 6 rings (SSSR count). The van der Waals surface area contributed by atoms with E-state index in [4.69, 9.17) is 0 Å². The summed E-state index contributed by atoms with van der Waals surface area (Å²) in [6, 6.07) is 14.1. The number of fused-ring (bicyclic) bond motifs is 4. The van der Waals surface area contributed by atoms with Crippen LogP contribution >= 0.6 is 0 Å². The summed E-state index contributed by atoms with van der Waals surface area (Å²) in [5.41, 5.74) is 4.82. The lowest BCUT2D eigenvalue weighted by molar-refractivity contribution is -0.103. The first kappa shape index (κ1) is 18.5. The van der Waals surface area contributed by atoms with Gasteiger partial charge in [0.15, 0.2) is 0 Å². The molecule has 2 unspecified atom stereocenters. The third-order valence-corrected chi connectivity index (χ3v) is 8.03. The van der Waals surface area contributed by atoms with Crippen molar-refractivity contribution in [3.8, 4) is 5.75 Å². The number of para-hydroxylation sites is 1. The second-order valence-corrected chi connectivity index (χ2v) is 10.0. The van der Waals surface area contributed by atoms with Gasteiger partial charge in [-0.25, -0.2) is 0 Å². The van der Waals surface area contributed by atoms with Crippen molar-refractivity contribution < 1.29 is 10.2 Å². The normalized spacial score (nSPS) is 29.0. The van der Waals surface area contributed by atoms with Gasteiger partial charge in [-0.15, -0.1) is 0 Å². The fourth-order valence-electron chi connectivity index (χ4n) is 6.22. The largest absolute Gasteiger partial charge is 0.508 e. The van der Waals surface area contributed by atoms with E-state index in [9.17, 15) is 10.2 Å². The molecule has 3 aliphatic rings. The number of hydrogen-bond donors (Lipinski definition) is 3. The number of piperidine rings is 1. The van der Waals surface area contributed by atoms with Gasteiger partial charge < -0.3 is 20.1 Å². The third kappa shape index (κ3) is 2.67. The highest BCUT2D eigenvalue weighted by molar-refractivity contribution is 5.88. The summed E-state index contributed by atoms with van der Waals surface area (Å²) in [4.78, 5) is 6.20. The average Bonchev–Trinajstić information content (AvgIpc) is 3.46. The molecule has 0 spiro atoms. The smallest absolute Gasteiger partial charge is 0.115 e. The van der Waals surface area contributed by atoms with E-state index in [-0.39, 0.29) is 11.2 Å². The van der Waals surface area contributed by atoms with Crippen molar-refractivity contribution in [1.82, 2.24) is 9.88 Å². The lowest BCUT2D eigenvalue weighted by Gasteiger charge is -2.56. The number of phenolic OH excluding ortho intramolecular Hbond substituents is 1. The van der Waals surface area contributed by atoms with Crippen LogP contribution in [0.4, 0.5) is 0 Å². The average molecular weight is 403 g/mol. The van der Waals surface area contributed by atoms with E-state index in [0.29, 0.717) is 13.0 Å². The van der Waals surface area contributed by atoms with Crippen LogP contribution in [0.3, 0.4) is 0 Å². The van der Waals surface area contributed by atoms with Gasteiger partial charge in [0, 0.05) is 47.9 Å². The van der Waals surface area contributed by atoms with Crippen LogP contribution in [-0.2, 0) is 18.3 Å². The van der Waals surface area contributed by atoms with Crippen molar-refractivity contribution in [2.45, 2.75) is 50.0 Å². The van der Waals surface area contributed by atoms with Crippen LogP contribution in [-0.4, -0.2) is 45.3 Å². The first-order valence-electron chi connectivity index (χ1n) is 11.3. The Bertz CT molecular complexity index is 1130. The molecule has 2 aromatic carbocycles. The van der Waals surface area contributed by atoms with E-state index in [0.717, 1.165) is 37.4 Å². The summed E-state index contributed by atoms with van der Waals surface area (Å²) in [6.45, 7) is 4.97. The molecule has 156 valence electrons. The molecular weight excluding hydrogens is 372 g/mol. The number of benzene rings is 2. The Morgan fingerprint density at radius 1 is 1.13 bits per heavy atom. The van der Waals surface area contributed by atoms with Crippen LogP contribution in [0, 0.1) is 12.8 Å². The highest BCUT2D eigenvalue weighted by atomic mass is 16.3. The van der Waals surface area contributed by atoms with Gasteiger partial charge in [0.05, 0.1) is 5.60 Å². The standard InChI is InChI=1S/C26H30N2O2/c1-17-4-2-7-21-22-13-26(30)16-28(15-18-8-9-18)11-10-25(26,14-23(22)27-24(17)21)19-5-3-6-20(29)12-19/h2-7,12,18,27,29-30H,8-11,13-16H2,1H3. The lowest BCUT2D eigenvalue weighted by Crippen LogP contribution is -2.66. The van der Waals surface area contributed by atoms with Crippen LogP contribution < -0.4 is 0 Å². The minimum absolute atomic E-state index is 0.280. The molecule has 3 N–H and O–H groups in total. The summed E-state index contributed by atoms with van der Waals surface area (Å²) >= 11 is 0. The predicted octanol–water partition coefficient (Wildman–Crippen LogP) is 4.07. The van der Waals surface area contributed by atoms with Gasteiger partial charge >= 0.3 is 0 Å². The molecule has 4 nitrogen and oxygen atoms in total. The molecule has 1 aromatic heterocycles. The number of aromatic amines is 1. The van der Waals surface area contributed by atoms with Gasteiger partial charge in [0.2, 0.25) is 0 Å². The second-order valence-electron chi connectivity index (χ2n) is 10.0. The molecule has 0 radical (unpaired) electrons. The maximum Gasteiger partial charge on any atom is 0.115 e. The summed E-state index contributed by atoms with van der Waals surface area (Å²) in [6.07, 6.45) is 5.01. The van der Waals surface area contributed by atoms with Gasteiger partial charge in [-0.2, -0.15) is 0 Å². The highest BCUT2D eigenvalue weighted by Gasteiger charge is 2.57. The Kier molecular flexibility index (Phi) is 3.91. The zero-order valence-corrected chi connectivity index (χ0v) is 17.6. The summed E-state index contributed by atoms with van der Waals surface area (Å²) in [7, 11) is 0. The summed E-state index contributed by atoms with van der Waals surface area (Å²) < 4.78 is 0. The fourth-order valence-corrected chi connectivity index (χ4v) is 6.22. The third-order valence-electron chi connectivity index (χ3n) is 8.03. The van der Waals surface area contributed by atoms with Crippen LogP contribution in [0.25, 0.3) is 10.9 Å². The number of phenols is 1. The van der Waals surface area contributed by atoms with E-state index < -0.39 is 5.60 Å². The molecule has 2 heterocycles. The number of aromatic hydroxyl groups is 1. The van der Waals surface area contributed by atoms with E-state index in [1.165, 1.54) is 40.6 Å². The maximum atomic E-state index is 12.3. The molecule has 0 amide bonds. The van der Waals surface area contributed by atoms with E-state index >= 15 is 0 Å². The number of H-pyrrole nitrogens is 1. The van der Waals surface area contributed by atoms with Gasteiger partial charge in [0.25, 0.3) is 0 Å². The molecule has 3 aromatic rings. The number of hydrogen-bond acceptors (Lipinski definition) is 3. The number of nitrogens with zero attached hydrogens (tertiary/aromatic N) is 1. The molecule has 0 bridgehead atoms. The highest BCUT2D eigenvalue weighted by Crippen LogP contribution is 2.52. The van der Waals surface area contributed by atoms with Crippen LogP contribution in [0.2, 0.25) is 0 Å². The van der Waals surface area contributed by atoms with Gasteiger partial charge in [0.1, 0.15) is 5.75 Å². The van der Waals surface area contributed by atoms with E-state index in [1.807, 2.05) is 12.1 Å². The minimum Gasteiger partial charge on any atom is -0.508 e. The Labute approximate surface area is 177 Å². The van der Waals surface area contributed by atoms with Crippen LogP contribution in [0.1, 0.15) is 41.6 Å². The molecule has 1 aliphatic heterocycles. The van der Waals surface area contributed by atoms with Crippen molar-refractivity contribution in [1.29, 1.82) is 0 Å². The molecular formula is C26H30N2O2. The van der Waals surface area contributed by atoms with Crippen molar-refractivity contribution in [3.63, 3.8) is 0 Å². The van der Waals surface area contributed by atoms with Gasteiger partial charge in [-0.3, -0.25) is 0 Å². The maximum absolute atomic E-state index is 12.3. The fraction of sp³-hybridized carbons (Fsp3) is 0.462. The minimum atomic E-state index is -0.847. The number of aromatic nitrogens is 1. The van der Waals surface area contributed by atoms with Crippen LogP contribution in [0.15, 0.2) is 42.5 Å². The Morgan fingerprint density at radius 3 is 2.77 bits per heavy atom. The number of likely N-dealkylation sites (tertiary alicyclic amines) is 1. The first-order valence-corrected chi connectivity index (χ1v) is 11.3. The number of nitrogens with one attached hydrogen (secondary N) is 1. The molecule has 4 heteroatoms. The molecule has 2 aliphatic carbocycles. The zero-order valence-electron chi connectivity index (χ0n) is 17.6. The topological polar surface area (TPSA) is 59.5 Å². The quantitative estimate of drug-likeness (QED) is 0.619. The molecule has 30 heavy (non-hydrogen) atoms. The molecule has 2 fully saturated rings. The van der Waals surface area contributed by atoms with E-state index in [1.54, 1.807) is 6.07 Å². The first-order chi connectivity index (χ1) is 14.5. The Hall–Kier alpha value is -2.30. The number of aryl methyl sites for hydroxylation is 1. The van der Waals surface area contributed by atoms with Gasteiger partial charge in [-0.1, -0.05) is 30.3 Å². The number of rotatable bonds is 3. The zero-order chi connectivity index (χ0) is 20.5. The van der Waals surface area contributed by atoms with Crippen molar-refractivity contribution in [3.05, 3.63) is 64.8 Å². The number of β-amino-alcohol motifs (C(OH)–C–C–N with tert-alkyl or cyclic N) is 1. The monoisotopic (exact) mass is 402 g/mol. The number of aliphatic hydroxyl groups is 1. The summed E-state index contributed by atoms with van der Waals surface area (Å²) in [5.74, 6) is 1.10. The van der Waals surface area contributed by atoms with Crippen molar-refractivity contribution >= 4 is 10.9 Å². The second kappa shape index (κ2) is 6.35.